The number of rotatable bonds is 10. The van der Waals surface area contributed by atoms with E-state index in [1.807, 2.05) is 36.4 Å². The van der Waals surface area contributed by atoms with Gasteiger partial charge in [-0.3, -0.25) is 0 Å². The minimum Gasteiger partial charge on any atom is -0.114 e. The highest BCUT2D eigenvalue weighted by molar-refractivity contribution is 8.21. The van der Waals surface area contributed by atoms with Crippen molar-refractivity contribution in [2.75, 3.05) is 0 Å². The largest absolute Gasteiger partial charge is 0.114 e. The second-order valence-electron chi connectivity index (χ2n) is 6.41. The monoisotopic (exact) mass is 488 g/mol. The van der Waals surface area contributed by atoms with Gasteiger partial charge < -0.3 is 0 Å². The van der Waals surface area contributed by atoms with Gasteiger partial charge in [0.25, 0.3) is 0 Å². The average molecular weight is 490 g/mol. The molecule has 0 saturated carbocycles. The second-order valence-corrected chi connectivity index (χ2v) is 10.7. The summed E-state index contributed by atoms with van der Waals surface area (Å²) < 4.78 is 1.78. The molecule has 0 nitrogen and oxygen atoms in total. The fourth-order valence-corrected chi connectivity index (χ4v) is 5.93. The summed E-state index contributed by atoms with van der Waals surface area (Å²) >= 11 is 18.2. The number of hydrogen-bond donors (Lipinski definition) is 0. The lowest BCUT2D eigenvalue weighted by atomic mass is 10.2. The highest BCUT2D eigenvalue weighted by atomic mass is 35.5. The normalized spacial score (nSPS) is 11.7. The molecule has 0 bridgehead atoms. The predicted molar refractivity (Wildman–Crippen MR) is 140 cm³/mol. The van der Waals surface area contributed by atoms with E-state index >= 15 is 0 Å². The molecule has 0 spiro atoms. The van der Waals surface area contributed by atoms with Gasteiger partial charge in [0.05, 0.1) is 9.40 Å². The minimum absolute atomic E-state index is 0.591. The molecule has 3 aromatic carbocycles. The molecule has 0 fully saturated rings. The molecule has 3 rings (SSSR count). The van der Waals surface area contributed by atoms with E-state index in [0.717, 1.165) is 21.5 Å². The minimum atomic E-state index is 0.591. The van der Waals surface area contributed by atoms with Crippen molar-refractivity contribution in [3.63, 3.8) is 0 Å². The average Bonchev–Trinajstić information content (AvgIpc) is 2.81. The third kappa shape index (κ3) is 8.49. The second kappa shape index (κ2) is 13.2. The Labute approximate surface area is 202 Å². The van der Waals surface area contributed by atoms with Gasteiger partial charge >= 0.3 is 0 Å². The van der Waals surface area contributed by atoms with Gasteiger partial charge in [-0.2, -0.15) is 0 Å². The van der Waals surface area contributed by atoms with Crippen LogP contribution in [0.4, 0.5) is 0 Å². The molecule has 30 heavy (non-hydrogen) atoms. The summed E-state index contributed by atoms with van der Waals surface area (Å²) in [6.45, 7) is 0. The molecule has 0 amide bonds. The number of halogens is 2. The summed E-state index contributed by atoms with van der Waals surface area (Å²) in [5, 5.41) is 0.591. The van der Waals surface area contributed by atoms with Crippen LogP contribution in [0.15, 0.2) is 111 Å². The molecule has 0 heterocycles. The molecule has 3 aromatic rings. The molecule has 0 aliphatic carbocycles. The maximum Gasteiger partial charge on any atom is 0.0925 e. The molecular weight excluding hydrogens is 467 g/mol. The third-order valence-electron chi connectivity index (χ3n) is 4.09. The zero-order chi connectivity index (χ0) is 21.0. The maximum atomic E-state index is 6.58. The van der Waals surface area contributed by atoms with Crippen molar-refractivity contribution in [1.29, 1.82) is 0 Å². The van der Waals surface area contributed by atoms with Crippen LogP contribution < -0.4 is 0 Å². The molecule has 0 N–H and O–H groups in total. The van der Waals surface area contributed by atoms with E-state index in [1.165, 1.54) is 16.7 Å². The number of thioether (sulfide) groups is 3. The van der Waals surface area contributed by atoms with Crippen molar-refractivity contribution in [1.82, 2.24) is 0 Å². The molecule has 0 radical (unpaired) electrons. The predicted octanol–water partition coefficient (Wildman–Crippen LogP) is 9.27. The van der Waals surface area contributed by atoms with Crippen molar-refractivity contribution in [3.8, 4) is 0 Å². The Bertz CT molecular complexity index is 910. The third-order valence-corrected chi connectivity index (χ3v) is 8.54. The first kappa shape index (κ1) is 23.4. The van der Waals surface area contributed by atoms with Gasteiger partial charge in [-0.05, 0) is 22.8 Å². The lowest BCUT2D eigenvalue weighted by molar-refractivity contribution is 1.42. The van der Waals surface area contributed by atoms with Crippen molar-refractivity contribution >= 4 is 58.5 Å². The summed E-state index contributed by atoms with van der Waals surface area (Å²) in [5.74, 6) is 2.59. The number of hydrogen-bond acceptors (Lipinski definition) is 3. The van der Waals surface area contributed by atoms with Gasteiger partial charge in [-0.1, -0.05) is 114 Å². The van der Waals surface area contributed by atoms with Crippen molar-refractivity contribution in [3.05, 3.63) is 127 Å². The van der Waals surface area contributed by atoms with Gasteiger partial charge in [0.1, 0.15) is 0 Å². The van der Waals surface area contributed by atoms with Crippen molar-refractivity contribution < 1.29 is 0 Å². The highest BCUT2D eigenvalue weighted by Crippen LogP contribution is 2.38. The number of allylic oxidation sites excluding steroid dienone is 2. The fourth-order valence-electron chi connectivity index (χ4n) is 2.53. The summed E-state index contributed by atoms with van der Waals surface area (Å²) in [4.78, 5) is 0. The van der Waals surface area contributed by atoms with Crippen LogP contribution in [-0.2, 0) is 17.3 Å². The van der Waals surface area contributed by atoms with E-state index in [1.54, 1.807) is 35.3 Å². The molecule has 5 heteroatoms. The highest BCUT2D eigenvalue weighted by Gasteiger charge is 2.07. The van der Waals surface area contributed by atoms with Crippen LogP contribution >= 0.6 is 58.5 Å². The molecule has 0 unspecified atom stereocenters. The summed E-state index contributed by atoms with van der Waals surface area (Å²) in [6.07, 6.45) is 2.00. The van der Waals surface area contributed by atoms with Crippen LogP contribution in [0.2, 0.25) is 0 Å². The first-order chi connectivity index (χ1) is 14.7. The molecule has 154 valence electrons. The summed E-state index contributed by atoms with van der Waals surface area (Å²) in [5.41, 5.74) is 3.81. The smallest absolute Gasteiger partial charge is 0.0925 e. The van der Waals surface area contributed by atoms with Crippen molar-refractivity contribution in [2.45, 2.75) is 17.3 Å². The van der Waals surface area contributed by atoms with E-state index < -0.39 is 0 Å². The van der Waals surface area contributed by atoms with E-state index in [-0.39, 0.29) is 0 Å². The zero-order valence-corrected chi connectivity index (χ0v) is 20.3. The maximum absolute atomic E-state index is 6.58. The number of benzene rings is 3. The van der Waals surface area contributed by atoms with E-state index in [9.17, 15) is 0 Å². The zero-order valence-electron chi connectivity index (χ0n) is 16.3. The van der Waals surface area contributed by atoms with Gasteiger partial charge in [0, 0.05) is 21.5 Å². The standard InChI is InChI=1S/C25H22Cl2S3/c26-23(25(27)30-19-22-14-8-3-9-15-22)16-24(28-17-20-10-4-1-5-11-20)29-18-21-12-6-2-7-13-21/h1-16H,17-19H2/b25-23-. The quantitative estimate of drug-likeness (QED) is 0.261. The summed E-state index contributed by atoms with van der Waals surface area (Å²) in [7, 11) is 0. The lowest BCUT2D eigenvalue weighted by Gasteiger charge is -2.09. The Morgan fingerprint density at radius 1 is 0.567 bits per heavy atom. The molecule has 0 saturated heterocycles. The Balaban J connectivity index is 1.68. The first-order valence-electron chi connectivity index (χ1n) is 9.48. The molecule has 0 aliphatic heterocycles. The van der Waals surface area contributed by atoms with Crippen LogP contribution in [-0.4, -0.2) is 0 Å². The topological polar surface area (TPSA) is 0 Å². The van der Waals surface area contributed by atoms with Crippen LogP contribution in [0, 0.1) is 0 Å². The first-order valence-corrected chi connectivity index (χ1v) is 13.2. The van der Waals surface area contributed by atoms with Gasteiger partial charge in [0.15, 0.2) is 0 Å². The Morgan fingerprint density at radius 2 is 0.933 bits per heavy atom. The molecule has 0 atom stereocenters. The van der Waals surface area contributed by atoms with E-state index in [4.69, 9.17) is 23.2 Å². The Morgan fingerprint density at radius 3 is 1.33 bits per heavy atom. The fraction of sp³-hybridized carbons (Fsp3) is 0.120. The van der Waals surface area contributed by atoms with Crippen LogP contribution in [0.5, 0.6) is 0 Å². The molecular formula is C25H22Cl2S3. The Hall–Kier alpha value is -1.23. The van der Waals surface area contributed by atoms with Crippen LogP contribution in [0.3, 0.4) is 0 Å². The van der Waals surface area contributed by atoms with Crippen molar-refractivity contribution in [2.24, 2.45) is 0 Å². The van der Waals surface area contributed by atoms with E-state index in [2.05, 4.69) is 60.7 Å². The van der Waals surface area contributed by atoms with Gasteiger partial charge in [0.2, 0.25) is 0 Å². The van der Waals surface area contributed by atoms with Gasteiger partial charge in [-0.25, -0.2) is 0 Å². The lowest BCUT2D eigenvalue weighted by Crippen LogP contribution is -1.84. The van der Waals surface area contributed by atoms with Crippen LogP contribution in [0.25, 0.3) is 0 Å². The van der Waals surface area contributed by atoms with Gasteiger partial charge in [-0.15, -0.1) is 35.3 Å². The molecule has 0 aromatic heterocycles. The summed E-state index contributed by atoms with van der Waals surface area (Å²) in [6, 6.07) is 31.2. The Kier molecular flexibility index (Phi) is 10.3. The van der Waals surface area contributed by atoms with Crippen LogP contribution in [0.1, 0.15) is 16.7 Å². The SMILES string of the molecule is Cl/C(C=C(SCc1ccccc1)SCc1ccccc1)=C(/Cl)SCc1ccccc1. The molecule has 0 aliphatic rings. The van der Waals surface area contributed by atoms with E-state index in [0.29, 0.717) is 9.40 Å².